The number of piperazine rings is 1. The topological polar surface area (TPSA) is 73.8 Å². The van der Waals surface area contributed by atoms with Gasteiger partial charge in [0.2, 0.25) is 5.95 Å². The number of piperidine rings is 1. The fourth-order valence-electron chi connectivity index (χ4n) is 4.05. The third-order valence-corrected chi connectivity index (χ3v) is 5.71. The summed E-state index contributed by atoms with van der Waals surface area (Å²) in [6, 6.07) is 7.00. The molecule has 178 valence electrons. The number of carbonyl (C=O) groups excluding carboxylic acids is 1. The maximum Gasteiger partial charge on any atom is 0.573 e. The second kappa shape index (κ2) is 9.72. The number of hydrogen-bond donors (Lipinski definition) is 1. The Morgan fingerprint density at radius 3 is 2.36 bits per heavy atom. The van der Waals surface area contributed by atoms with Gasteiger partial charge in [-0.05, 0) is 38.3 Å². The Morgan fingerprint density at radius 2 is 1.67 bits per heavy atom. The predicted molar refractivity (Wildman–Crippen MR) is 119 cm³/mol. The number of aryl methyl sites for hydroxylation is 1. The standard InChI is InChI=1S/C22H27F3N6O2/c1-16-15-19(29-9-5-2-6-10-29)28-20(26-16)30-11-13-31(14-12-30)21(32)27-17-7-3-4-8-18(17)33-22(23,24)25/h3-4,7-8,15H,2,5-6,9-14H2,1H3,(H,27,32). The van der Waals surface area contributed by atoms with Gasteiger partial charge in [0, 0.05) is 51.0 Å². The first-order chi connectivity index (χ1) is 15.8. The van der Waals surface area contributed by atoms with E-state index in [-0.39, 0.29) is 5.69 Å². The summed E-state index contributed by atoms with van der Waals surface area (Å²) >= 11 is 0. The molecule has 1 aromatic carbocycles. The van der Waals surface area contributed by atoms with Gasteiger partial charge in [-0.3, -0.25) is 0 Å². The number of nitrogens with one attached hydrogen (secondary N) is 1. The highest BCUT2D eigenvalue weighted by Crippen LogP contribution is 2.30. The van der Waals surface area contributed by atoms with Crippen molar-refractivity contribution in [2.75, 3.05) is 54.4 Å². The van der Waals surface area contributed by atoms with Crippen LogP contribution in [-0.4, -0.2) is 66.5 Å². The van der Waals surface area contributed by atoms with E-state index in [1.165, 1.54) is 24.6 Å². The van der Waals surface area contributed by atoms with Gasteiger partial charge in [0.1, 0.15) is 5.82 Å². The fraction of sp³-hybridized carbons (Fsp3) is 0.500. The van der Waals surface area contributed by atoms with Gasteiger partial charge in [0.15, 0.2) is 5.75 Å². The number of para-hydroxylation sites is 2. The van der Waals surface area contributed by atoms with Crippen molar-refractivity contribution in [2.45, 2.75) is 32.5 Å². The quantitative estimate of drug-likeness (QED) is 0.737. The molecule has 3 heterocycles. The third kappa shape index (κ3) is 5.96. The first kappa shape index (κ1) is 22.9. The van der Waals surface area contributed by atoms with Crippen LogP contribution < -0.4 is 19.9 Å². The molecule has 0 unspecified atom stereocenters. The van der Waals surface area contributed by atoms with Crippen LogP contribution in [-0.2, 0) is 0 Å². The van der Waals surface area contributed by atoms with E-state index in [0.29, 0.717) is 32.1 Å². The molecule has 8 nitrogen and oxygen atoms in total. The number of benzene rings is 1. The number of amides is 2. The lowest BCUT2D eigenvalue weighted by Crippen LogP contribution is -2.50. The Bertz CT molecular complexity index is 973. The molecule has 2 saturated heterocycles. The molecule has 0 saturated carbocycles. The summed E-state index contributed by atoms with van der Waals surface area (Å²) in [7, 11) is 0. The Morgan fingerprint density at radius 1 is 0.970 bits per heavy atom. The van der Waals surface area contributed by atoms with Gasteiger partial charge >= 0.3 is 12.4 Å². The van der Waals surface area contributed by atoms with Crippen LogP contribution in [0.1, 0.15) is 25.0 Å². The molecule has 2 aromatic rings. The van der Waals surface area contributed by atoms with Crippen LogP contribution in [0.5, 0.6) is 5.75 Å². The minimum Gasteiger partial charge on any atom is -0.404 e. The summed E-state index contributed by atoms with van der Waals surface area (Å²) in [6.07, 6.45) is -1.29. The van der Waals surface area contributed by atoms with E-state index in [1.807, 2.05) is 17.9 Å². The van der Waals surface area contributed by atoms with Crippen LogP contribution in [0, 0.1) is 6.92 Å². The van der Waals surface area contributed by atoms with Gasteiger partial charge in [0.05, 0.1) is 5.69 Å². The van der Waals surface area contributed by atoms with Crippen LogP contribution in [0.4, 0.5) is 35.4 Å². The second-order valence-corrected chi connectivity index (χ2v) is 8.16. The van der Waals surface area contributed by atoms with Crippen molar-refractivity contribution in [2.24, 2.45) is 0 Å². The molecule has 1 N–H and O–H groups in total. The van der Waals surface area contributed by atoms with E-state index >= 15 is 0 Å². The molecule has 4 rings (SSSR count). The molecule has 2 amide bonds. The number of alkyl halides is 3. The maximum atomic E-state index is 12.7. The first-order valence-corrected chi connectivity index (χ1v) is 11.0. The molecule has 0 aliphatic carbocycles. The Hall–Kier alpha value is -3.24. The smallest absolute Gasteiger partial charge is 0.404 e. The summed E-state index contributed by atoms with van der Waals surface area (Å²) in [5, 5.41) is 2.52. The zero-order valence-electron chi connectivity index (χ0n) is 18.4. The molecule has 0 radical (unpaired) electrons. The molecule has 2 aliphatic heterocycles. The van der Waals surface area contributed by atoms with Crippen molar-refractivity contribution in [1.82, 2.24) is 14.9 Å². The van der Waals surface area contributed by atoms with Crippen molar-refractivity contribution in [1.29, 1.82) is 0 Å². The van der Waals surface area contributed by atoms with Crippen molar-refractivity contribution in [3.8, 4) is 5.75 Å². The number of carbonyl (C=O) groups is 1. The maximum absolute atomic E-state index is 12.7. The molecule has 1 aromatic heterocycles. The number of aromatic nitrogens is 2. The van der Waals surface area contributed by atoms with E-state index in [1.54, 1.807) is 4.90 Å². The number of anilines is 3. The Balaban J connectivity index is 1.38. The lowest BCUT2D eigenvalue weighted by molar-refractivity contribution is -0.274. The number of urea groups is 1. The summed E-state index contributed by atoms with van der Waals surface area (Å²) in [5.41, 5.74) is 0.859. The van der Waals surface area contributed by atoms with Gasteiger partial charge in [-0.15, -0.1) is 13.2 Å². The molecule has 0 atom stereocenters. The van der Waals surface area contributed by atoms with Gasteiger partial charge < -0.3 is 24.8 Å². The molecular formula is C22H27F3N6O2. The van der Waals surface area contributed by atoms with E-state index in [9.17, 15) is 18.0 Å². The van der Waals surface area contributed by atoms with Gasteiger partial charge in [-0.2, -0.15) is 4.98 Å². The SMILES string of the molecule is Cc1cc(N2CCCCC2)nc(N2CCN(C(=O)Nc3ccccc3OC(F)(F)F)CC2)n1. The van der Waals surface area contributed by atoms with E-state index in [4.69, 9.17) is 4.98 Å². The lowest BCUT2D eigenvalue weighted by atomic mass is 10.1. The van der Waals surface area contributed by atoms with Gasteiger partial charge in [-0.1, -0.05) is 12.1 Å². The average Bonchev–Trinajstić information content (AvgIpc) is 2.80. The zero-order chi connectivity index (χ0) is 23.4. The lowest BCUT2D eigenvalue weighted by Gasteiger charge is -2.35. The Labute approximate surface area is 190 Å². The molecule has 33 heavy (non-hydrogen) atoms. The minimum absolute atomic E-state index is 0.0320. The molecule has 11 heteroatoms. The monoisotopic (exact) mass is 464 g/mol. The molecule has 2 aliphatic rings. The van der Waals surface area contributed by atoms with Crippen LogP contribution >= 0.6 is 0 Å². The number of ether oxygens (including phenoxy) is 1. The summed E-state index contributed by atoms with van der Waals surface area (Å²) < 4.78 is 41.9. The van der Waals surface area contributed by atoms with Crippen LogP contribution in [0.25, 0.3) is 0 Å². The largest absolute Gasteiger partial charge is 0.573 e. The minimum atomic E-state index is -4.84. The average molecular weight is 464 g/mol. The highest BCUT2D eigenvalue weighted by atomic mass is 19.4. The van der Waals surface area contributed by atoms with Crippen molar-refractivity contribution >= 4 is 23.5 Å². The fourth-order valence-corrected chi connectivity index (χ4v) is 4.05. The molecule has 0 bridgehead atoms. The molecule has 0 spiro atoms. The Kier molecular flexibility index (Phi) is 6.75. The highest BCUT2D eigenvalue weighted by Gasteiger charge is 2.32. The molecular weight excluding hydrogens is 437 g/mol. The van der Waals surface area contributed by atoms with Crippen LogP contribution in [0.2, 0.25) is 0 Å². The van der Waals surface area contributed by atoms with Crippen molar-refractivity contribution in [3.63, 3.8) is 0 Å². The van der Waals surface area contributed by atoms with E-state index in [2.05, 4.69) is 19.9 Å². The van der Waals surface area contributed by atoms with Crippen LogP contribution in [0.3, 0.4) is 0 Å². The zero-order valence-corrected chi connectivity index (χ0v) is 18.4. The summed E-state index contributed by atoms with van der Waals surface area (Å²) in [6.45, 7) is 5.76. The number of halogens is 3. The second-order valence-electron chi connectivity index (χ2n) is 8.16. The van der Waals surface area contributed by atoms with Crippen molar-refractivity contribution < 1.29 is 22.7 Å². The summed E-state index contributed by atoms with van der Waals surface area (Å²) in [4.78, 5) is 27.9. The number of hydrogen-bond acceptors (Lipinski definition) is 6. The van der Waals surface area contributed by atoms with E-state index < -0.39 is 18.1 Å². The number of nitrogens with zero attached hydrogens (tertiary/aromatic N) is 5. The summed E-state index contributed by atoms with van der Waals surface area (Å²) in [5.74, 6) is 1.12. The van der Waals surface area contributed by atoms with Crippen LogP contribution in [0.15, 0.2) is 30.3 Å². The predicted octanol–water partition coefficient (Wildman–Crippen LogP) is 4.03. The van der Waals surface area contributed by atoms with E-state index in [0.717, 1.165) is 43.5 Å². The molecule has 2 fully saturated rings. The number of rotatable bonds is 4. The van der Waals surface area contributed by atoms with Gasteiger partial charge in [0.25, 0.3) is 0 Å². The first-order valence-electron chi connectivity index (χ1n) is 11.0. The highest BCUT2D eigenvalue weighted by molar-refractivity contribution is 5.91. The normalized spacial score (nSPS) is 17.2. The third-order valence-electron chi connectivity index (χ3n) is 5.71. The van der Waals surface area contributed by atoms with Crippen molar-refractivity contribution in [3.05, 3.63) is 36.0 Å². The van der Waals surface area contributed by atoms with Gasteiger partial charge in [-0.25, -0.2) is 9.78 Å².